The third-order valence-electron chi connectivity index (χ3n) is 3.91. The van der Waals surface area contributed by atoms with E-state index in [1.54, 1.807) is 0 Å². The topological polar surface area (TPSA) is 106 Å². The van der Waals surface area contributed by atoms with Crippen LogP contribution in [0.1, 0.15) is 77.6 Å². The maximum atomic E-state index is 12.1. The molecular weight excluding hydrogens is 268 g/mol. The monoisotopic (exact) mass is 300 g/mol. The van der Waals surface area contributed by atoms with Crippen molar-refractivity contribution in [2.45, 2.75) is 83.1 Å². The Morgan fingerprint density at radius 2 is 1.52 bits per heavy atom. The molecule has 0 saturated heterocycles. The summed E-state index contributed by atoms with van der Waals surface area (Å²) >= 11 is 0. The fraction of sp³-hybridized carbons (Fsp3) is 0.875. The van der Waals surface area contributed by atoms with Gasteiger partial charge < -0.3 is 16.6 Å². The fourth-order valence-corrected chi connectivity index (χ4v) is 2.38. The zero-order chi connectivity index (χ0) is 16.1. The van der Waals surface area contributed by atoms with Crippen molar-refractivity contribution in [3.63, 3.8) is 0 Å². The molecule has 21 heavy (non-hydrogen) atoms. The van der Waals surface area contributed by atoms with Crippen molar-refractivity contribution in [3.05, 3.63) is 0 Å². The SMILES string of the molecule is CCCCCCCCCC(=O)[C@](N)(CCCCN)C(=O)O. The summed E-state index contributed by atoms with van der Waals surface area (Å²) in [4.78, 5) is 23.4. The van der Waals surface area contributed by atoms with Gasteiger partial charge in [-0.25, -0.2) is 4.79 Å². The molecule has 0 unspecified atom stereocenters. The third kappa shape index (κ3) is 8.17. The predicted octanol–water partition coefficient (Wildman–Crippen LogP) is 2.61. The maximum absolute atomic E-state index is 12.1. The highest BCUT2D eigenvalue weighted by Crippen LogP contribution is 2.18. The van der Waals surface area contributed by atoms with Crippen LogP contribution in [-0.2, 0) is 9.59 Å². The van der Waals surface area contributed by atoms with Gasteiger partial charge in [-0.1, -0.05) is 45.4 Å². The highest BCUT2D eigenvalue weighted by Gasteiger charge is 2.40. The second-order valence-electron chi connectivity index (χ2n) is 5.82. The Morgan fingerprint density at radius 1 is 0.952 bits per heavy atom. The largest absolute Gasteiger partial charge is 0.480 e. The van der Waals surface area contributed by atoms with Gasteiger partial charge in [0.05, 0.1) is 0 Å². The average Bonchev–Trinajstić information content (AvgIpc) is 2.45. The van der Waals surface area contributed by atoms with Gasteiger partial charge in [0.25, 0.3) is 0 Å². The van der Waals surface area contributed by atoms with E-state index in [2.05, 4.69) is 6.92 Å². The predicted molar refractivity (Wildman–Crippen MR) is 85.1 cm³/mol. The van der Waals surface area contributed by atoms with Gasteiger partial charge >= 0.3 is 5.97 Å². The molecule has 0 aromatic carbocycles. The van der Waals surface area contributed by atoms with E-state index in [0.29, 0.717) is 19.4 Å². The number of unbranched alkanes of at least 4 members (excludes halogenated alkanes) is 7. The van der Waals surface area contributed by atoms with Crippen LogP contribution >= 0.6 is 0 Å². The number of hydrogen-bond donors (Lipinski definition) is 3. The summed E-state index contributed by atoms with van der Waals surface area (Å²) in [6.45, 7) is 2.66. The zero-order valence-electron chi connectivity index (χ0n) is 13.4. The number of carboxylic acids is 1. The molecule has 0 aromatic rings. The van der Waals surface area contributed by atoms with Gasteiger partial charge in [0.1, 0.15) is 0 Å². The highest BCUT2D eigenvalue weighted by molar-refractivity contribution is 6.07. The summed E-state index contributed by atoms with van der Waals surface area (Å²) in [5.41, 5.74) is 9.48. The number of carbonyl (C=O) groups is 2. The molecule has 0 amide bonds. The van der Waals surface area contributed by atoms with Gasteiger partial charge in [-0.15, -0.1) is 0 Å². The molecule has 0 aliphatic heterocycles. The first-order valence-electron chi connectivity index (χ1n) is 8.24. The fourth-order valence-electron chi connectivity index (χ4n) is 2.38. The summed E-state index contributed by atoms with van der Waals surface area (Å²) in [6.07, 6.45) is 9.39. The molecule has 0 heterocycles. The van der Waals surface area contributed by atoms with E-state index >= 15 is 0 Å². The van der Waals surface area contributed by atoms with Crippen LogP contribution in [0.2, 0.25) is 0 Å². The maximum Gasteiger partial charge on any atom is 0.331 e. The summed E-state index contributed by atoms with van der Waals surface area (Å²) in [6, 6.07) is 0. The average molecular weight is 300 g/mol. The van der Waals surface area contributed by atoms with Crippen LogP contribution in [0, 0.1) is 0 Å². The number of rotatable bonds is 14. The molecule has 5 heteroatoms. The standard InChI is InChI=1S/C16H32N2O3/c1-2-3-4-5-6-7-8-11-14(19)16(18,15(20)21)12-9-10-13-17/h2-13,17-18H2,1H3,(H,20,21)/t16-/m1/s1. The molecule has 0 bridgehead atoms. The summed E-state index contributed by atoms with van der Waals surface area (Å²) in [5, 5.41) is 9.22. The van der Waals surface area contributed by atoms with Gasteiger partial charge in [-0.3, -0.25) is 4.79 Å². The molecule has 0 aliphatic rings. The van der Waals surface area contributed by atoms with E-state index in [4.69, 9.17) is 11.5 Å². The summed E-state index contributed by atoms with van der Waals surface area (Å²) in [5.74, 6) is -1.56. The lowest BCUT2D eigenvalue weighted by atomic mass is 9.86. The number of Topliss-reactive ketones (excluding diaryl/α,β-unsaturated/α-hetero) is 1. The number of ketones is 1. The molecular formula is C16H32N2O3. The van der Waals surface area contributed by atoms with Crippen molar-refractivity contribution in [3.8, 4) is 0 Å². The van der Waals surface area contributed by atoms with Crippen LogP contribution < -0.4 is 11.5 Å². The number of hydrogen-bond acceptors (Lipinski definition) is 4. The second-order valence-corrected chi connectivity index (χ2v) is 5.82. The van der Waals surface area contributed by atoms with E-state index in [-0.39, 0.29) is 18.6 Å². The summed E-state index contributed by atoms with van der Waals surface area (Å²) in [7, 11) is 0. The van der Waals surface area contributed by atoms with Crippen LogP contribution in [0.25, 0.3) is 0 Å². The third-order valence-corrected chi connectivity index (χ3v) is 3.91. The van der Waals surface area contributed by atoms with Gasteiger partial charge in [0.15, 0.2) is 11.3 Å². The lowest BCUT2D eigenvalue weighted by Crippen LogP contribution is -2.54. The Balaban J connectivity index is 4.04. The minimum Gasteiger partial charge on any atom is -0.480 e. The minimum atomic E-state index is -1.72. The first kappa shape index (κ1) is 20.1. The van der Waals surface area contributed by atoms with Crippen molar-refractivity contribution in [2.24, 2.45) is 11.5 Å². The molecule has 0 spiro atoms. The van der Waals surface area contributed by atoms with E-state index in [0.717, 1.165) is 19.3 Å². The molecule has 1 atom stereocenters. The molecule has 5 N–H and O–H groups in total. The van der Waals surface area contributed by atoms with E-state index < -0.39 is 11.5 Å². The van der Waals surface area contributed by atoms with Crippen molar-refractivity contribution in [1.29, 1.82) is 0 Å². The normalized spacial score (nSPS) is 13.9. The van der Waals surface area contributed by atoms with Crippen LogP contribution in [0.4, 0.5) is 0 Å². The smallest absolute Gasteiger partial charge is 0.331 e. The first-order chi connectivity index (χ1) is 9.99. The van der Waals surface area contributed by atoms with Crippen molar-refractivity contribution >= 4 is 11.8 Å². The summed E-state index contributed by atoms with van der Waals surface area (Å²) < 4.78 is 0. The van der Waals surface area contributed by atoms with E-state index in [9.17, 15) is 14.7 Å². The second kappa shape index (κ2) is 11.7. The minimum absolute atomic E-state index is 0.175. The Hall–Kier alpha value is -0.940. The van der Waals surface area contributed by atoms with Crippen LogP contribution in [0.15, 0.2) is 0 Å². The highest BCUT2D eigenvalue weighted by atomic mass is 16.4. The number of carbonyl (C=O) groups excluding carboxylic acids is 1. The molecule has 0 aromatic heterocycles. The molecule has 0 saturated carbocycles. The van der Waals surface area contributed by atoms with Gasteiger partial charge in [-0.05, 0) is 32.2 Å². The quantitative estimate of drug-likeness (QED) is 0.338. The van der Waals surface area contributed by atoms with Crippen LogP contribution in [0.3, 0.4) is 0 Å². The molecule has 124 valence electrons. The number of nitrogens with two attached hydrogens (primary N) is 2. The van der Waals surface area contributed by atoms with E-state index in [1.165, 1.54) is 25.7 Å². The van der Waals surface area contributed by atoms with Gasteiger partial charge in [0.2, 0.25) is 0 Å². The molecule has 0 fully saturated rings. The number of aliphatic carboxylic acids is 1. The molecule has 0 aliphatic carbocycles. The van der Waals surface area contributed by atoms with Gasteiger partial charge in [0, 0.05) is 6.42 Å². The van der Waals surface area contributed by atoms with E-state index in [1.807, 2.05) is 0 Å². The van der Waals surface area contributed by atoms with Gasteiger partial charge in [-0.2, -0.15) is 0 Å². The zero-order valence-corrected chi connectivity index (χ0v) is 13.4. The number of carboxylic acid groups (broad SMARTS) is 1. The van der Waals surface area contributed by atoms with Crippen LogP contribution in [-0.4, -0.2) is 28.9 Å². The lowest BCUT2D eigenvalue weighted by Gasteiger charge is -2.23. The molecule has 0 radical (unpaired) electrons. The van der Waals surface area contributed by atoms with Crippen molar-refractivity contribution in [1.82, 2.24) is 0 Å². The molecule has 5 nitrogen and oxygen atoms in total. The Kier molecular flexibility index (Phi) is 11.2. The van der Waals surface area contributed by atoms with Crippen LogP contribution in [0.5, 0.6) is 0 Å². The first-order valence-corrected chi connectivity index (χ1v) is 8.24. The Bertz CT molecular complexity index is 308. The van der Waals surface area contributed by atoms with Crippen molar-refractivity contribution in [2.75, 3.05) is 6.54 Å². The lowest BCUT2D eigenvalue weighted by molar-refractivity contribution is -0.148. The van der Waals surface area contributed by atoms with Crippen molar-refractivity contribution < 1.29 is 14.7 Å². The molecule has 0 rings (SSSR count). The Morgan fingerprint density at radius 3 is 2.05 bits per heavy atom. The Labute approximate surface area is 128 Å².